The highest BCUT2D eigenvalue weighted by Crippen LogP contribution is 2.17. The van der Waals surface area contributed by atoms with E-state index in [-0.39, 0.29) is 24.4 Å². The maximum Gasteiger partial charge on any atom is 0.257 e. The molecule has 1 saturated heterocycles. The third-order valence-electron chi connectivity index (χ3n) is 2.58. The molecule has 2 heterocycles. The summed E-state index contributed by atoms with van der Waals surface area (Å²) in [4.78, 5) is 13.9. The summed E-state index contributed by atoms with van der Waals surface area (Å²) in [5.41, 5.74) is 0.607. The molecule has 1 aliphatic heterocycles. The number of rotatable bonds is 1. The van der Waals surface area contributed by atoms with Gasteiger partial charge in [0.15, 0.2) is 4.67 Å². The van der Waals surface area contributed by atoms with Crippen LogP contribution in [0.25, 0.3) is 0 Å². The van der Waals surface area contributed by atoms with Crippen molar-refractivity contribution in [3.63, 3.8) is 0 Å². The molecule has 90 valence electrons. The number of hydrogen-bond acceptors (Lipinski definition) is 3. The van der Waals surface area contributed by atoms with Gasteiger partial charge < -0.3 is 14.6 Å². The van der Waals surface area contributed by atoms with Gasteiger partial charge in [-0.05, 0) is 22.9 Å². The molecule has 0 unspecified atom stereocenters. The molecule has 2 rings (SSSR count). The van der Waals surface area contributed by atoms with Crippen LogP contribution in [0.4, 0.5) is 0 Å². The Labute approximate surface area is 109 Å². The van der Waals surface area contributed by atoms with E-state index in [2.05, 4.69) is 21.2 Å². The summed E-state index contributed by atoms with van der Waals surface area (Å²) in [7, 11) is 0. The van der Waals surface area contributed by atoms with E-state index in [0.29, 0.717) is 10.2 Å². The van der Waals surface area contributed by atoms with Gasteiger partial charge in [0.05, 0.1) is 5.56 Å². The molecular formula is C10H14BrClN2O2. The summed E-state index contributed by atoms with van der Waals surface area (Å²) in [5, 5.41) is 3.25. The lowest BCUT2D eigenvalue weighted by Gasteiger charge is -2.33. The molecule has 0 aliphatic carbocycles. The van der Waals surface area contributed by atoms with E-state index in [1.165, 1.54) is 6.26 Å². The largest absolute Gasteiger partial charge is 0.457 e. The van der Waals surface area contributed by atoms with Crippen molar-refractivity contribution in [2.45, 2.75) is 13.0 Å². The molecular weight excluding hydrogens is 295 g/mol. The van der Waals surface area contributed by atoms with Gasteiger partial charge in [-0.2, -0.15) is 0 Å². The second kappa shape index (κ2) is 5.70. The molecule has 0 bridgehead atoms. The summed E-state index contributed by atoms with van der Waals surface area (Å²) in [5.74, 6) is 0.0402. The maximum atomic E-state index is 12.0. The third kappa shape index (κ3) is 2.78. The van der Waals surface area contributed by atoms with Crippen LogP contribution < -0.4 is 5.32 Å². The predicted octanol–water partition coefficient (Wildman–Crippen LogP) is 1.90. The molecule has 6 heteroatoms. The standard InChI is InChI=1S/C10H13BrN2O2.ClH/c1-7-5-12-2-3-13(7)10(14)8-4-9(11)15-6-8;/h4,6-7,12H,2-3,5H2,1H3;1H/t7-;/m1./s1. The van der Waals surface area contributed by atoms with Crippen LogP contribution in [0.1, 0.15) is 17.3 Å². The number of carbonyl (C=O) groups is 1. The predicted molar refractivity (Wildman–Crippen MR) is 67.0 cm³/mol. The van der Waals surface area contributed by atoms with Crippen molar-refractivity contribution in [1.29, 1.82) is 0 Å². The molecule has 0 saturated carbocycles. The zero-order valence-corrected chi connectivity index (χ0v) is 11.3. The molecule has 0 radical (unpaired) electrons. The Balaban J connectivity index is 0.00000128. The van der Waals surface area contributed by atoms with Crippen molar-refractivity contribution in [3.8, 4) is 0 Å². The highest BCUT2D eigenvalue weighted by molar-refractivity contribution is 9.10. The topological polar surface area (TPSA) is 45.5 Å². The zero-order valence-electron chi connectivity index (χ0n) is 8.90. The van der Waals surface area contributed by atoms with Crippen LogP contribution >= 0.6 is 28.3 Å². The zero-order chi connectivity index (χ0) is 10.8. The molecule has 1 atom stereocenters. The minimum absolute atomic E-state index is 0. The van der Waals surface area contributed by atoms with E-state index < -0.39 is 0 Å². The minimum Gasteiger partial charge on any atom is -0.457 e. The lowest BCUT2D eigenvalue weighted by molar-refractivity contribution is 0.0655. The van der Waals surface area contributed by atoms with Crippen molar-refractivity contribution >= 4 is 34.2 Å². The van der Waals surface area contributed by atoms with Crippen LogP contribution in [0.3, 0.4) is 0 Å². The Morgan fingerprint density at radius 2 is 2.44 bits per heavy atom. The fraction of sp³-hybridized carbons (Fsp3) is 0.500. The van der Waals surface area contributed by atoms with E-state index in [4.69, 9.17) is 4.42 Å². The molecule has 1 N–H and O–H groups in total. The van der Waals surface area contributed by atoms with Gasteiger partial charge in [-0.1, -0.05) is 0 Å². The second-order valence-corrected chi connectivity index (χ2v) is 4.47. The molecule has 1 aromatic rings. The van der Waals surface area contributed by atoms with Gasteiger partial charge in [0.2, 0.25) is 0 Å². The first-order chi connectivity index (χ1) is 7.18. The Morgan fingerprint density at radius 1 is 1.69 bits per heavy atom. The highest BCUT2D eigenvalue weighted by atomic mass is 79.9. The number of piperazine rings is 1. The van der Waals surface area contributed by atoms with Gasteiger partial charge in [0.25, 0.3) is 5.91 Å². The molecule has 4 nitrogen and oxygen atoms in total. The van der Waals surface area contributed by atoms with E-state index in [9.17, 15) is 4.79 Å². The Kier molecular flexibility index (Phi) is 4.83. The van der Waals surface area contributed by atoms with Gasteiger partial charge in [-0.3, -0.25) is 4.79 Å². The van der Waals surface area contributed by atoms with Gasteiger partial charge >= 0.3 is 0 Å². The lowest BCUT2D eigenvalue weighted by atomic mass is 10.2. The Bertz CT molecular complexity index is 369. The minimum atomic E-state index is 0. The maximum absolute atomic E-state index is 12.0. The number of halogens is 2. The Hall–Kier alpha value is -0.520. The van der Waals surface area contributed by atoms with E-state index in [1.807, 2.05) is 11.8 Å². The first-order valence-corrected chi connectivity index (χ1v) is 5.73. The molecule has 0 aromatic carbocycles. The van der Waals surface area contributed by atoms with Crippen molar-refractivity contribution in [2.24, 2.45) is 0 Å². The number of amides is 1. The lowest BCUT2D eigenvalue weighted by Crippen LogP contribution is -2.52. The van der Waals surface area contributed by atoms with Crippen molar-refractivity contribution in [1.82, 2.24) is 10.2 Å². The van der Waals surface area contributed by atoms with E-state index in [1.54, 1.807) is 6.07 Å². The molecule has 1 fully saturated rings. The SMILES string of the molecule is C[C@@H]1CNCCN1C(=O)c1coc(Br)c1.Cl. The number of hydrogen-bond donors (Lipinski definition) is 1. The van der Waals surface area contributed by atoms with E-state index in [0.717, 1.165) is 19.6 Å². The van der Waals surface area contributed by atoms with Crippen LogP contribution in [-0.2, 0) is 0 Å². The molecule has 16 heavy (non-hydrogen) atoms. The third-order valence-corrected chi connectivity index (χ3v) is 2.99. The normalized spacial score (nSPS) is 20.4. The van der Waals surface area contributed by atoms with Crippen LogP contribution in [0.5, 0.6) is 0 Å². The molecule has 0 spiro atoms. The number of carbonyl (C=O) groups excluding carboxylic acids is 1. The molecule has 1 aliphatic rings. The quantitative estimate of drug-likeness (QED) is 0.862. The van der Waals surface area contributed by atoms with Crippen molar-refractivity contribution < 1.29 is 9.21 Å². The van der Waals surface area contributed by atoms with Crippen molar-refractivity contribution in [3.05, 3.63) is 22.6 Å². The van der Waals surface area contributed by atoms with Gasteiger partial charge in [-0.25, -0.2) is 0 Å². The first-order valence-electron chi connectivity index (χ1n) is 4.94. The van der Waals surface area contributed by atoms with Crippen LogP contribution in [0, 0.1) is 0 Å². The number of nitrogens with zero attached hydrogens (tertiary/aromatic N) is 1. The van der Waals surface area contributed by atoms with Crippen LogP contribution in [0.15, 0.2) is 21.4 Å². The summed E-state index contributed by atoms with van der Waals surface area (Å²) < 4.78 is 5.66. The molecule has 1 amide bonds. The monoisotopic (exact) mass is 308 g/mol. The molecule has 1 aromatic heterocycles. The summed E-state index contributed by atoms with van der Waals surface area (Å²) >= 11 is 3.19. The van der Waals surface area contributed by atoms with Crippen LogP contribution in [-0.4, -0.2) is 36.5 Å². The van der Waals surface area contributed by atoms with Gasteiger partial charge in [-0.15, -0.1) is 12.4 Å². The highest BCUT2D eigenvalue weighted by Gasteiger charge is 2.24. The Morgan fingerprint density at radius 3 is 3.00 bits per heavy atom. The van der Waals surface area contributed by atoms with E-state index >= 15 is 0 Å². The fourth-order valence-electron chi connectivity index (χ4n) is 1.73. The van der Waals surface area contributed by atoms with Gasteiger partial charge in [0.1, 0.15) is 6.26 Å². The van der Waals surface area contributed by atoms with Crippen molar-refractivity contribution in [2.75, 3.05) is 19.6 Å². The second-order valence-electron chi connectivity index (χ2n) is 3.69. The number of nitrogens with one attached hydrogen (secondary N) is 1. The smallest absolute Gasteiger partial charge is 0.257 e. The van der Waals surface area contributed by atoms with Gasteiger partial charge in [0, 0.05) is 31.7 Å². The van der Waals surface area contributed by atoms with Crippen LogP contribution in [0.2, 0.25) is 0 Å². The summed E-state index contributed by atoms with van der Waals surface area (Å²) in [6.07, 6.45) is 1.49. The summed E-state index contributed by atoms with van der Waals surface area (Å²) in [6.45, 7) is 4.50. The summed E-state index contributed by atoms with van der Waals surface area (Å²) in [6, 6.07) is 1.94. The fourth-order valence-corrected chi connectivity index (χ4v) is 2.07. The number of furan rings is 1. The average Bonchev–Trinajstić information content (AvgIpc) is 2.65. The first kappa shape index (κ1) is 13.5. The average molecular weight is 310 g/mol.